The third-order valence-electron chi connectivity index (χ3n) is 2.39. The van der Waals surface area contributed by atoms with Crippen molar-refractivity contribution in [2.45, 2.75) is 13.0 Å². The largest absolute Gasteiger partial charge is 0.492 e. The maximum atomic E-state index is 5.62. The summed E-state index contributed by atoms with van der Waals surface area (Å²) < 4.78 is 11.6. The number of ether oxygens (including phenoxy) is 2. The summed E-state index contributed by atoms with van der Waals surface area (Å²) in [7, 11) is 1.70. The van der Waals surface area contributed by atoms with E-state index in [4.69, 9.17) is 9.47 Å². The zero-order valence-electron chi connectivity index (χ0n) is 10.7. The number of rotatable bonds is 9. The highest BCUT2D eigenvalue weighted by molar-refractivity contribution is 9.10. The minimum Gasteiger partial charge on any atom is -0.492 e. The van der Waals surface area contributed by atoms with Crippen LogP contribution in [0.15, 0.2) is 35.3 Å². The molecule has 4 heteroatoms. The van der Waals surface area contributed by atoms with E-state index >= 15 is 0 Å². The molecule has 0 spiro atoms. The molecule has 1 aromatic rings. The molecule has 0 heterocycles. The van der Waals surface area contributed by atoms with Gasteiger partial charge in [-0.3, -0.25) is 0 Å². The lowest BCUT2D eigenvalue weighted by atomic mass is 10.2. The second-order valence-electron chi connectivity index (χ2n) is 3.86. The van der Waals surface area contributed by atoms with Crippen molar-refractivity contribution < 1.29 is 9.47 Å². The van der Waals surface area contributed by atoms with Gasteiger partial charge in [-0.2, -0.15) is 0 Å². The summed E-state index contributed by atoms with van der Waals surface area (Å²) in [6, 6.07) is 6.12. The molecule has 100 valence electrons. The molecule has 0 aliphatic carbocycles. The standard InChI is InChI=1S/C14H20BrNO2/c1-3-4-8-18-14-6-5-12(10-13(14)15)11-16-7-9-17-2/h3,5-6,10,16H,1,4,7-9,11H2,2H3. The molecule has 1 aromatic carbocycles. The maximum Gasteiger partial charge on any atom is 0.133 e. The molecule has 0 atom stereocenters. The van der Waals surface area contributed by atoms with Crippen molar-refractivity contribution in [3.05, 3.63) is 40.9 Å². The summed E-state index contributed by atoms with van der Waals surface area (Å²) in [5.41, 5.74) is 1.22. The highest BCUT2D eigenvalue weighted by Crippen LogP contribution is 2.26. The van der Waals surface area contributed by atoms with Gasteiger partial charge in [-0.05, 0) is 40.0 Å². The predicted octanol–water partition coefficient (Wildman–Crippen LogP) is 3.14. The van der Waals surface area contributed by atoms with Gasteiger partial charge in [0.25, 0.3) is 0 Å². The van der Waals surface area contributed by atoms with Gasteiger partial charge in [-0.1, -0.05) is 12.1 Å². The van der Waals surface area contributed by atoms with Crippen LogP contribution in [0.2, 0.25) is 0 Å². The highest BCUT2D eigenvalue weighted by atomic mass is 79.9. The Balaban J connectivity index is 2.43. The Morgan fingerprint density at radius 1 is 1.39 bits per heavy atom. The van der Waals surface area contributed by atoms with Crippen LogP contribution in [-0.4, -0.2) is 26.9 Å². The van der Waals surface area contributed by atoms with Crippen LogP contribution < -0.4 is 10.1 Å². The van der Waals surface area contributed by atoms with Crippen LogP contribution in [0.3, 0.4) is 0 Å². The molecule has 0 fully saturated rings. The van der Waals surface area contributed by atoms with Crippen molar-refractivity contribution in [1.29, 1.82) is 0 Å². The summed E-state index contributed by atoms with van der Waals surface area (Å²) in [5, 5.41) is 3.30. The fraction of sp³-hybridized carbons (Fsp3) is 0.429. The third kappa shape index (κ3) is 5.67. The lowest BCUT2D eigenvalue weighted by Crippen LogP contribution is -2.18. The molecule has 0 saturated heterocycles. The monoisotopic (exact) mass is 313 g/mol. The zero-order chi connectivity index (χ0) is 13.2. The maximum absolute atomic E-state index is 5.62. The first kappa shape index (κ1) is 15.2. The van der Waals surface area contributed by atoms with Gasteiger partial charge in [0, 0.05) is 20.2 Å². The first-order valence-corrected chi connectivity index (χ1v) is 6.79. The van der Waals surface area contributed by atoms with Crippen LogP contribution in [-0.2, 0) is 11.3 Å². The smallest absolute Gasteiger partial charge is 0.133 e. The zero-order valence-corrected chi connectivity index (χ0v) is 12.3. The first-order chi connectivity index (χ1) is 8.77. The van der Waals surface area contributed by atoms with E-state index in [-0.39, 0.29) is 0 Å². The van der Waals surface area contributed by atoms with Gasteiger partial charge in [-0.15, -0.1) is 6.58 Å². The van der Waals surface area contributed by atoms with Gasteiger partial charge in [0.1, 0.15) is 5.75 Å². The van der Waals surface area contributed by atoms with Crippen molar-refractivity contribution in [3.8, 4) is 5.75 Å². The van der Waals surface area contributed by atoms with Crippen LogP contribution in [0.5, 0.6) is 5.75 Å². The van der Waals surface area contributed by atoms with Gasteiger partial charge in [0.05, 0.1) is 17.7 Å². The van der Waals surface area contributed by atoms with E-state index in [0.717, 1.165) is 36.3 Å². The van der Waals surface area contributed by atoms with Crippen molar-refractivity contribution in [2.24, 2.45) is 0 Å². The van der Waals surface area contributed by atoms with Gasteiger partial charge < -0.3 is 14.8 Å². The molecule has 0 radical (unpaired) electrons. The summed E-state index contributed by atoms with van der Waals surface area (Å²) >= 11 is 3.52. The normalized spacial score (nSPS) is 10.3. The Hall–Kier alpha value is -0.840. The molecule has 0 bridgehead atoms. The number of hydrogen-bond acceptors (Lipinski definition) is 3. The molecule has 1 N–H and O–H groups in total. The highest BCUT2D eigenvalue weighted by Gasteiger charge is 2.02. The number of hydrogen-bond donors (Lipinski definition) is 1. The Kier molecular flexibility index (Phi) is 7.73. The molecule has 0 unspecified atom stereocenters. The SMILES string of the molecule is C=CCCOc1ccc(CNCCOC)cc1Br. The summed E-state index contributed by atoms with van der Waals surface area (Å²) in [4.78, 5) is 0. The fourth-order valence-electron chi connectivity index (χ4n) is 1.43. The van der Waals surface area contributed by atoms with Gasteiger partial charge in [0.2, 0.25) is 0 Å². The molecular formula is C14H20BrNO2. The number of methoxy groups -OCH3 is 1. The molecule has 0 amide bonds. The van der Waals surface area contributed by atoms with E-state index in [1.54, 1.807) is 7.11 Å². The van der Waals surface area contributed by atoms with Crippen molar-refractivity contribution in [2.75, 3.05) is 26.9 Å². The lowest BCUT2D eigenvalue weighted by Gasteiger charge is -2.09. The second-order valence-corrected chi connectivity index (χ2v) is 4.71. The number of benzene rings is 1. The van der Waals surface area contributed by atoms with E-state index in [9.17, 15) is 0 Å². The minimum absolute atomic E-state index is 0.660. The van der Waals surface area contributed by atoms with E-state index in [0.29, 0.717) is 6.61 Å². The Bertz CT molecular complexity index is 369. The number of halogens is 1. The summed E-state index contributed by atoms with van der Waals surface area (Å²) in [6.45, 7) is 6.73. The topological polar surface area (TPSA) is 30.5 Å². The van der Waals surface area contributed by atoms with E-state index in [2.05, 4.69) is 40.0 Å². The lowest BCUT2D eigenvalue weighted by molar-refractivity contribution is 0.199. The molecule has 0 saturated carbocycles. The Morgan fingerprint density at radius 2 is 2.22 bits per heavy atom. The van der Waals surface area contributed by atoms with Crippen molar-refractivity contribution in [1.82, 2.24) is 5.32 Å². The fourth-order valence-corrected chi connectivity index (χ4v) is 1.97. The van der Waals surface area contributed by atoms with Crippen molar-refractivity contribution in [3.63, 3.8) is 0 Å². The predicted molar refractivity (Wildman–Crippen MR) is 78.0 cm³/mol. The van der Waals surface area contributed by atoms with Crippen molar-refractivity contribution >= 4 is 15.9 Å². The van der Waals surface area contributed by atoms with E-state index < -0.39 is 0 Å². The Labute approximate surface area is 117 Å². The molecule has 0 aliphatic rings. The van der Waals surface area contributed by atoms with E-state index in [1.165, 1.54) is 5.56 Å². The third-order valence-corrected chi connectivity index (χ3v) is 3.01. The average Bonchev–Trinajstić information content (AvgIpc) is 2.37. The molecule has 0 aliphatic heterocycles. The molecule has 3 nitrogen and oxygen atoms in total. The molecular weight excluding hydrogens is 294 g/mol. The molecule has 0 aromatic heterocycles. The first-order valence-electron chi connectivity index (χ1n) is 5.99. The van der Waals surface area contributed by atoms with Crippen LogP contribution in [0, 0.1) is 0 Å². The summed E-state index contributed by atoms with van der Waals surface area (Å²) in [6.07, 6.45) is 2.70. The molecule has 1 rings (SSSR count). The summed E-state index contributed by atoms with van der Waals surface area (Å²) in [5.74, 6) is 0.873. The quantitative estimate of drug-likeness (QED) is 0.561. The van der Waals surface area contributed by atoms with Gasteiger partial charge in [-0.25, -0.2) is 0 Å². The van der Waals surface area contributed by atoms with Crippen LogP contribution in [0.25, 0.3) is 0 Å². The Morgan fingerprint density at radius 3 is 2.89 bits per heavy atom. The van der Waals surface area contributed by atoms with E-state index in [1.807, 2.05) is 12.1 Å². The van der Waals surface area contributed by atoms with Crippen LogP contribution >= 0.6 is 15.9 Å². The van der Waals surface area contributed by atoms with Crippen LogP contribution in [0.1, 0.15) is 12.0 Å². The van der Waals surface area contributed by atoms with Gasteiger partial charge in [0.15, 0.2) is 0 Å². The van der Waals surface area contributed by atoms with Gasteiger partial charge >= 0.3 is 0 Å². The van der Waals surface area contributed by atoms with Crippen LogP contribution in [0.4, 0.5) is 0 Å². The minimum atomic E-state index is 0.660. The average molecular weight is 314 g/mol. The second kappa shape index (κ2) is 9.14. The number of nitrogens with one attached hydrogen (secondary N) is 1. The molecule has 18 heavy (non-hydrogen) atoms.